The molecule has 2 N–H and O–H groups in total. The van der Waals surface area contributed by atoms with Crippen molar-refractivity contribution in [3.8, 4) is 0 Å². The first-order valence-electron chi connectivity index (χ1n) is 7.35. The summed E-state index contributed by atoms with van der Waals surface area (Å²) >= 11 is 0. The van der Waals surface area contributed by atoms with Gasteiger partial charge < -0.3 is 10.2 Å². The molecule has 0 bridgehead atoms. The predicted molar refractivity (Wildman–Crippen MR) is 92.1 cm³/mol. The summed E-state index contributed by atoms with van der Waals surface area (Å²) in [6, 6.07) is 16.5. The first-order valence-corrected chi connectivity index (χ1v) is 7.35. The first-order chi connectivity index (χ1) is 10.3. The summed E-state index contributed by atoms with van der Waals surface area (Å²) in [4.78, 5) is 2.47. The zero-order chi connectivity index (χ0) is 14.2. The molecule has 0 saturated heterocycles. The second-order valence-corrected chi connectivity index (χ2v) is 5.70. The van der Waals surface area contributed by atoms with Crippen molar-refractivity contribution < 1.29 is 4.42 Å². The third-order valence-electron chi connectivity index (χ3n) is 4.20. The maximum absolute atomic E-state index is 5.96. The highest BCUT2D eigenvalue weighted by atomic mass is 35.5. The topological polar surface area (TPSA) is 42.4 Å². The second kappa shape index (κ2) is 6.03. The smallest absolute Gasteiger partial charge is 0.134 e. The number of benzene rings is 2. The van der Waals surface area contributed by atoms with Gasteiger partial charge in [0.1, 0.15) is 11.3 Å². The Morgan fingerprint density at radius 2 is 1.82 bits per heavy atom. The van der Waals surface area contributed by atoms with Gasteiger partial charge in [0.2, 0.25) is 0 Å². The first kappa shape index (κ1) is 14.9. The number of anilines is 1. The molecular formula is C18H19ClN2O. The molecule has 0 amide bonds. The van der Waals surface area contributed by atoms with E-state index in [0.717, 1.165) is 43.1 Å². The molecule has 2 heterocycles. The molecule has 0 fully saturated rings. The molecule has 1 aromatic heterocycles. The van der Waals surface area contributed by atoms with Crippen LogP contribution in [0.25, 0.3) is 11.0 Å². The molecule has 4 rings (SSSR count). The number of nitrogens with zero attached hydrogens (tertiary/aromatic N) is 1. The highest BCUT2D eigenvalue weighted by molar-refractivity contribution is 5.85. The minimum Gasteiger partial charge on any atom is -0.461 e. The zero-order valence-corrected chi connectivity index (χ0v) is 13.1. The third-order valence-corrected chi connectivity index (χ3v) is 4.20. The highest BCUT2D eigenvalue weighted by Crippen LogP contribution is 2.30. The summed E-state index contributed by atoms with van der Waals surface area (Å²) in [5, 5.41) is 1.26. The van der Waals surface area contributed by atoms with Gasteiger partial charge in [-0.25, -0.2) is 0 Å². The molecule has 3 aromatic rings. The maximum Gasteiger partial charge on any atom is 0.134 e. The molecule has 0 unspecified atom stereocenters. The van der Waals surface area contributed by atoms with E-state index < -0.39 is 0 Å². The molecule has 1 aliphatic heterocycles. The largest absolute Gasteiger partial charge is 0.461 e. The van der Waals surface area contributed by atoms with Crippen molar-refractivity contribution in [1.29, 1.82) is 0 Å². The number of nitrogens with two attached hydrogens (primary N) is 1. The fraction of sp³-hybridized carbons (Fsp3) is 0.222. The second-order valence-electron chi connectivity index (χ2n) is 5.70. The Bertz CT molecular complexity index is 779. The molecule has 0 atom stereocenters. The summed E-state index contributed by atoms with van der Waals surface area (Å²) in [6.07, 6.45) is 0.985. The number of fused-ring (bicyclic) bond motifs is 3. The van der Waals surface area contributed by atoms with Gasteiger partial charge in [-0.1, -0.05) is 30.3 Å². The molecule has 114 valence electrons. The van der Waals surface area contributed by atoms with E-state index in [1.807, 2.05) is 18.2 Å². The Kier molecular flexibility index (Phi) is 4.10. The van der Waals surface area contributed by atoms with E-state index in [0.29, 0.717) is 0 Å². The number of furan rings is 1. The predicted octanol–water partition coefficient (Wildman–Crippen LogP) is 4.00. The zero-order valence-electron chi connectivity index (χ0n) is 12.3. The fourth-order valence-corrected chi connectivity index (χ4v) is 3.10. The van der Waals surface area contributed by atoms with Crippen LogP contribution in [0.2, 0.25) is 0 Å². The van der Waals surface area contributed by atoms with Crippen LogP contribution >= 0.6 is 12.4 Å². The lowest BCUT2D eigenvalue weighted by Gasteiger charge is -2.26. The molecule has 0 spiro atoms. The van der Waals surface area contributed by atoms with Crippen LogP contribution in [0.3, 0.4) is 0 Å². The number of hydrogen-bond acceptors (Lipinski definition) is 3. The van der Waals surface area contributed by atoms with Crippen LogP contribution in [0.4, 0.5) is 5.69 Å². The van der Waals surface area contributed by atoms with Crippen molar-refractivity contribution in [2.45, 2.75) is 19.5 Å². The number of rotatable bonds is 2. The van der Waals surface area contributed by atoms with Crippen molar-refractivity contribution in [2.24, 2.45) is 0 Å². The van der Waals surface area contributed by atoms with Crippen molar-refractivity contribution in [3.63, 3.8) is 0 Å². The van der Waals surface area contributed by atoms with E-state index in [1.54, 1.807) is 0 Å². The number of para-hydroxylation sites is 1. The Morgan fingerprint density at radius 1 is 1.05 bits per heavy atom. The minimum absolute atomic E-state index is 0. The van der Waals surface area contributed by atoms with Gasteiger partial charge >= 0.3 is 0 Å². The van der Waals surface area contributed by atoms with Gasteiger partial charge in [0.25, 0.3) is 0 Å². The van der Waals surface area contributed by atoms with E-state index in [2.05, 4.69) is 35.2 Å². The fourth-order valence-electron chi connectivity index (χ4n) is 3.10. The average molecular weight is 315 g/mol. The molecule has 2 aromatic carbocycles. The van der Waals surface area contributed by atoms with Crippen LogP contribution in [0.5, 0.6) is 0 Å². The number of hydrogen-bond donors (Lipinski definition) is 1. The van der Waals surface area contributed by atoms with Crippen LogP contribution in [0, 0.1) is 0 Å². The SMILES string of the molecule is Cl.Nc1ccc(CN2CCc3oc4ccccc4c3C2)cc1. The van der Waals surface area contributed by atoms with Gasteiger partial charge in [0.05, 0.1) is 0 Å². The van der Waals surface area contributed by atoms with Crippen LogP contribution < -0.4 is 5.73 Å². The third kappa shape index (κ3) is 2.70. The number of halogens is 1. The van der Waals surface area contributed by atoms with Gasteiger partial charge in [-0.15, -0.1) is 12.4 Å². The van der Waals surface area contributed by atoms with Gasteiger partial charge in [-0.3, -0.25) is 4.90 Å². The quantitative estimate of drug-likeness (QED) is 0.727. The van der Waals surface area contributed by atoms with E-state index in [4.69, 9.17) is 10.2 Å². The normalized spacial score (nSPS) is 14.5. The van der Waals surface area contributed by atoms with Gasteiger partial charge in [-0.2, -0.15) is 0 Å². The Hall–Kier alpha value is -1.97. The lowest BCUT2D eigenvalue weighted by molar-refractivity contribution is 0.235. The molecular weight excluding hydrogens is 296 g/mol. The lowest BCUT2D eigenvalue weighted by atomic mass is 10.0. The van der Waals surface area contributed by atoms with Crippen LogP contribution in [-0.4, -0.2) is 11.4 Å². The molecule has 4 heteroatoms. The van der Waals surface area contributed by atoms with E-state index >= 15 is 0 Å². The lowest BCUT2D eigenvalue weighted by Crippen LogP contribution is -2.29. The van der Waals surface area contributed by atoms with Crippen molar-refractivity contribution in [3.05, 3.63) is 65.4 Å². The minimum atomic E-state index is 0. The van der Waals surface area contributed by atoms with Crippen molar-refractivity contribution in [1.82, 2.24) is 4.90 Å². The van der Waals surface area contributed by atoms with Crippen LogP contribution in [-0.2, 0) is 19.5 Å². The Morgan fingerprint density at radius 3 is 2.64 bits per heavy atom. The standard InChI is InChI=1S/C18H18N2O.ClH/c19-14-7-5-13(6-8-14)11-20-10-9-18-16(12-20)15-3-1-2-4-17(15)21-18;/h1-8H,9-12,19H2;1H. The average Bonchev–Trinajstić information content (AvgIpc) is 2.88. The molecule has 3 nitrogen and oxygen atoms in total. The van der Waals surface area contributed by atoms with Crippen LogP contribution in [0.15, 0.2) is 52.9 Å². The van der Waals surface area contributed by atoms with Crippen molar-refractivity contribution in [2.75, 3.05) is 12.3 Å². The van der Waals surface area contributed by atoms with Crippen molar-refractivity contribution >= 4 is 29.1 Å². The van der Waals surface area contributed by atoms with E-state index in [-0.39, 0.29) is 12.4 Å². The van der Waals surface area contributed by atoms with E-state index in [1.165, 1.54) is 16.5 Å². The maximum atomic E-state index is 5.96. The highest BCUT2D eigenvalue weighted by Gasteiger charge is 2.22. The summed E-state index contributed by atoms with van der Waals surface area (Å²) in [5.74, 6) is 1.16. The molecule has 22 heavy (non-hydrogen) atoms. The molecule has 0 aliphatic carbocycles. The molecule has 0 radical (unpaired) electrons. The number of nitrogen functional groups attached to an aromatic ring is 1. The van der Waals surface area contributed by atoms with E-state index in [9.17, 15) is 0 Å². The summed E-state index contributed by atoms with van der Waals surface area (Å²) in [6.45, 7) is 2.95. The van der Waals surface area contributed by atoms with Gasteiger partial charge in [0, 0.05) is 42.7 Å². The molecule has 0 saturated carbocycles. The Labute approximate surface area is 136 Å². The Balaban J connectivity index is 0.00000144. The van der Waals surface area contributed by atoms with Gasteiger partial charge in [-0.05, 0) is 23.8 Å². The monoisotopic (exact) mass is 314 g/mol. The summed E-state index contributed by atoms with van der Waals surface area (Å²) < 4.78 is 5.96. The summed E-state index contributed by atoms with van der Waals surface area (Å²) in [7, 11) is 0. The molecule has 1 aliphatic rings. The van der Waals surface area contributed by atoms with Gasteiger partial charge in [0.15, 0.2) is 0 Å². The van der Waals surface area contributed by atoms with Crippen LogP contribution in [0.1, 0.15) is 16.9 Å². The summed E-state index contributed by atoms with van der Waals surface area (Å²) in [5.41, 5.74) is 10.2.